The van der Waals surface area contributed by atoms with Crippen LogP contribution in [0, 0.1) is 0 Å². The SMILES string of the molecule is CCC(C)NC(C(N)=O)c1ccccc1OC(F)F. The van der Waals surface area contributed by atoms with Gasteiger partial charge in [-0.3, -0.25) is 10.1 Å². The predicted octanol–water partition coefficient (Wildman–Crippen LogP) is 2.20. The number of alkyl halides is 2. The first kappa shape index (κ1) is 15.4. The van der Waals surface area contributed by atoms with Gasteiger partial charge in [0.1, 0.15) is 11.8 Å². The third-order valence-electron chi connectivity index (χ3n) is 2.79. The molecular weight excluding hydrogens is 254 g/mol. The highest BCUT2D eigenvalue weighted by molar-refractivity contribution is 5.82. The van der Waals surface area contributed by atoms with Crippen LogP contribution in [-0.4, -0.2) is 18.6 Å². The third kappa shape index (κ3) is 4.48. The number of amides is 1. The molecule has 2 atom stereocenters. The molecule has 4 nitrogen and oxygen atoms in total. The fraction of sp³-hybridized carbons (Fsp3) is 0.462. The average molecular weight is 272 g/mol. The molecule has 0 aliphatic heterocycles. The Morgan fingerprint density at radius 3 is 2.58 bits per heavy atom. The summed E-state index contributed by atoms with van der Waals surface area (Å²) < 4.78 is 29.1. The van der Waals surface area contributed by atoms with Crippen molar-refractivity contribution in [3.63, 3.8) is 0 Å². The molecule has 2 unspecified atom stereocenters. The summed E-state index contributed by atoms with van der Waals surface area (Å²) in [7, 11) is 0. The number of hydrogen-bond donors (Lipinski definition) is 2. The maximum absolute atomic E-state index is 12.3. The number of benzene rings is 1. The molecule has 0 radical (unpaired) electrons. The second-order valence-corrected chi connectivity index (χ2v) is 4.23. The van der Waals surface area contributed by atoms with E-state index in [1.807, 2.05) is 13.8 Å². The van der Waals surface area contributed by atoms with Crippen molar-refractivity contribution in [3.8, 4) is 5.75 Å². The lowest BCUT2D eigenvalue weighted by Crippen LogP contribution is -2.38. The lowest BCUT2D eigenvalue weighted by Gasteiger charge is -2.22. The van der Waals surface area contributed by atoms with Crippen molar-refractivity contribution in [1.82, 2.24) is 5.32 Å². The zero-order valence-corrected chi connectivity index (χ0v) is 10.9. The summed E-state index contributed by atoms with van der Waals surface area (Å²) >= 11 is 0. The van der Waals surface area contributed by atoms with Gasteiger partial charge in [-0.2, -0.15) is 8.78 Å². The number of para-hydroxylation sites is 1. The van der Waals surface area contributed by atoms with Gasteiger partial charge in [0.2, 0.25) is 5.91 Å². The van der Waals surface area contributed by atoms with E-state index >= 15 is 0 Å². The number of nitrogens with two attached hydrogens (primary N) is 1. The van der Waals surface area contributed by atoms with E-state index in [4.69, 9.17) is 5.73 Å². The molecule has 6 heteroatoms. The van der Waals surface area contributed by atoms with Gasteiger partial charge >= 0.3 is 6.61 Å². The highest BCUT2D eigenvalue weighted by Crippen LogP contribution is 2.27. The quantitative estimate of drug-likeness (QED) is 0.799. The number of ether oxygens (including phenoxy) is 1. The minimum Gasteiger partial charge on any atom is -0.434 e. The van der Waals surface area contributed by atoms with Gasteiger partial charge in [-0.05, 0) is 19.4 Å². The largest absolute Gasteiger partial charge is 0.434 e. The molecule has 0 bridgehead atoms. The zero-order valence-electron chi connectivity index (χ0n) is 10.9. The fourth-order valence-corrected chi connectivity index (χ4v) is 1.65. The predicted molar refractivity (Wildman–Crippen MR) is 67.9 cm³/mol. The topological polar surface area (TPSA) is 64.3 Å². The molecule has 1 aromatic carbocycles. The summed E-state index contributed by atoms with van der Waals surface area (Å²) in [6, 6.07) is 5.30. The van der Waals surface area contributed by atoms with Crippen LogP contribution in [0.15, 0.2) is 24.3 Å². The zero-order chi connectivity index (χ0) is 14.4. The normalized spacial score (nSPS) is 14.2. The molecule has 1 rings (SSSR count). The van der Waals surface area contributed by atoms with E-state index in [1.165, 1.54) is 6.07 Å². The highest BCUT2D eigenvalue weighted by atomic mass is 19.3. The standard InChI is InChI=1S/C13H18F2N2O2/c1-3-8(2)17-11(12(16)18)9-6-4-5-7-10(9)19-13(14)15/h4-8,11,13,17H,3H2,1-2H3,(H2,16,18). The molecule has 19 heavy (non-hydrogen) atoms. The molecule has 0 saturated carbocycles. The summed E-state index contributed by atoms with van der Waals surface area (Å²) in [5.41, 5.74) is 5.64. The Morgan fingerprint density at radius 2 is 2.05 bits per heavy atom. The molecular formula is C13H18F2N2O2. The van der Waals surface area contributed by atoms with Crippen LogP contribution in [0.3, 0.4) is 0 Å². The maximum Gasteiger partial charge on any atom is 0.387 e. The van der Waals surface area contributed by atoms with Crippen molar-refractivity contribution in [2.24, 2.45) is 5.73 Å². The van der Waals surface area contributed by atoms with Gasteiger partial charge in [0.05, 0.1) is 0 Å². The first-order chi connectivity index (χ1) is 8.95. The van der Waals surface area contributed by atoms with Crippen molar-refractivity contribution in [2.45, 2.75) is 39.0 Å². The Bertz CT molecular complexity index is 427. The first-order valence-electron chi connectivity index (χ1n) is 6.04. The van der Waals surface area contributed by atoms with E-state index in [2.05, 4.69) is 10.1 Å². The summed E-state index contributed by atoms with van der Waals surface area (Å²) in [6.07, 6.45) is 0.779. The monoisotopic (exact) mass is 272 g/mol. The Kier molecular flexibility index (Phi) is 5.69. The second kappa shape index (κ2) is 7.04. The van der Waals surface area contributed by atoms with Gasteiger partial charge in [-0.15, -0.1) is 0 Å². The Morgan fingerprint density at radius 1 is 1.42 bits per heavy atom. The Balaban J connectivity index is 3.04. The number of primary amides is 1. The van der Waals surface area contributed by atoms with Crippen LogP contribution >= 0.6 is 0 Å². The first-order valence-corrected chi connectivity index (χ1v) is 6.04. The summed E-state index contributed by atoms with van der Waals surface area (Å²) in [5, 5.41) is 3.00. The molecule has 3 N–H and O–H groups in total. The molecule has 1 amide bonds. The number of carbonyl (C=O) groups excluding carboxylic acids is 1. The van der Waals surface area contributed by atoms with Gasteiger partial charge in [0, 0.05) is 11.6 Å². The summed E-state index contributed by atoms with van der Waals surface area (Å²) in [6.45, 7) is 0.877. The molecule has 0 fully saturated rings. The van der Waals surface area contributed by atoms with E-state index < -0.39 is 18.6 Å². The van der Waals surface area contributed by atoms with Gasteiger partial charge in [-0.1, -0.05) is 25.1 Å². The van der Waals surface area contributed by atoms with Crippen molar-refractivity contribution < 1.29 is 18.3 Å². The van der Waals surface area contributed by atoms with E-state index in [9.17, 15) is 13.6 Å². The minimum atomic E-state index is -2.95. The molecule has 0 aliphatic rings. The van der Waals surface area contributed by atoms with Crippen LogP contribution in [0.5, 0.6) is 5.75 Å². The third-order valence-corrected chi connectivity index (χ3v) is 2.79. The lowest BCUT2D eigenvalue weighted by molar-refractivity contribution is -0.120. The van der Waals surface area contributed by atoms with Gasteiger partial charge < -0.3 is 10.5 Å². The summed E-state index contributed by atoms with van der Waals surface area (Å²) in [5.74, 6) is -0.678. The molecule has 0 saturated heterocycles. The minimum absolute atomic E-state index is 0.0251. The number of hydrogen-bond acceptors (Lipinski definition) is 3. The van der Waals surface area contributed by atoms with Gasteiger partial charge in [0.15, 0.2) is 0 Å². The lowest BCUT2D eigenvalue weighted by atomic mass is 10.0. The molecule has 0 spiro atoms. The van der Waals surface area contributed by atoms with Crippen LogP contribution in [0.2, 0.25) is 0 Å². The van der Waals surface area contributed by atoms with Crippen molar-refractivity contribution in [3.05, 3.63) is 29.8 Å². The van der Waals surface area contributed by atoms with Gasteiger partial charge in [0.25, 0.3) is 0 Å². The molecule has 0 aromatic heterocycles. The van der Waals surface area contributed by atoms with Crippen LogP contribution in [-0.2, 0) is 4.79 Å². The molecule has 0 aliphatic carbocycles. The number of carbonyl (C=O) groups is 1. The van der Waals surface area contributed by atoms with Crippen molar-refractivity contribution in [2.75, 3.05) is 0 Å². The van der Waals surface area contributed by atoms with E-state index in [0.29, 0.717) is 5.56 Å². The number of halogens is 2. The molecule has 1 aromatic rings. The van der Waals surface area contributed by atoms with Crippen LogP contribution in [0.4, 0.5) is 8.78 Å². The van der Waals surface area contributed by atoms with Crippen LogP contribution in [0.1, 0.15) is 31.9 Å². The van der Waals surface area contributed by atoms with E-state index in [0.717, 1.165) is 6.42 Å². The van der Waals surface area contributed by atoms with Gasteiger partial charge in [-0.25, -0.2) is 0 Å². The Labute approximate surface area is 110 Å². The fourth-order valence-electron chi connectivity index (χ4n) is 1.65. The van der Waals surface area contributed by atoms with Crippen molar-refractivity contribution in [1.29, 1.82) is 0 Å². The number of nitrogens with one attached hydrogen (secondary N) is 1. The van der Waals surface area contributed by atoms with E-state index in [-0.39, 0.29) is 11.8 Å². The Hall–Kier alpha value is -1.69. The summed E-state index contributed by atoms with van der Waals surface area (Å²) in [4.78, 5) is 11.5. The second-order valence-electron chi connectivity index (χ2n) is 4.23. The average Bonchev–Trinajstić information content (AvgIpc) is 2.35. The smallest absolute Gasteiger partial charge is 0.387 e. The van der Waals surface area contributed by atoms with E-state index in [1.54, 1.807) is 18.2 Å². The maximum atomic E-state index is 12.3. The highest BCUT2D eigenvalue weighted by Gasteiger charge is 2.23. The van der Waals surface area contributed by atoms with Crippen LogP contribution in [0.25, 0.3) is 0 Å². The number of rotatable bonds is 7. The van der Waals surface area contributed by atoms with Crippen LogP contribution < -0.4 is 15.8 Å². The molecule has 0 heterocycles. The molecule has 106 valence electrons. The van der Waals surface area contributed by atoms with Crippen molar-refractivity contribution >= 4 is 5.91 Å².